The zero-order chi connectivity index (χ0) is 24.1. The monoisotopic (exact) mass is 458 g/mol. The molecule has 0 radical (unpaired) electrons. The van der Waals surface area contributed by atoms with Crippen LogP contribution in [-0.4, -0.2) is 76.6 Å². The Hall–Kier alpha value is -2.13. The van der Waals surface area contributed by atoms with Crippen molar-refractivity contribution < 1.29 is 30.0 Å². The zero-order valence-electron chi connectivity index (χ0n) is 19.8. The predicted octanol–water partition coefficient (Wildman–Crippen LogP) is 1.74. The third-order valence-electron chi connectivity index (χ3n) is 9.40. The number of aliphatic carboxylic acids is 1. The van der Waals surface area contributed by atoms with E-state index in [1.165, 1.54) is 0 Å². The molecule has 3 aliphatic heterocycles. The molecule has 0 aromatic heterocycles. The number of carboxylic acids is 1. The van der Waals surface area contributed by atoms with Gasteiger partial charge in [-0.3, -0.25) is 9.69 Å². The molecule has 4 N–H and O–H groups in total. The van der Waals surface area contributed by atoms with Gasteiger partial charge >= 0.3 is 5.97 Å². The second-order valence-corrected chi connectivity index (χ2v) is 10.5. The summed E-state index contributed by atoms with van der Waals surface area (Å²) in [6, 6.07) is 5.13. The number of rotatable bonds is 2. The molecule has 5 rings (SSSR count). The summed E-state index contributed by atoms with van der Waals surface area (Å²) in [4.78, 5) is 17.5. The first-order valence-corrected chi connectivity index (χ1v) is 11.7. The lowest BCUT2D eigenvalue weighted by molar-refractivity contribution is -0.286. The third kappa shape index (κ3) is 2.11. The largest absolute Gasteiger partial charge is 0.506 e. The number of likely N-dealkylation sites (tertiary alicyclic amines) is 1. The fourth-order valence-corrected chi connectivity index (χ4v) is 8.45. The van der Waals surface area contributed by atoms with E-state index in [9.17, 15) is 25.2 Å². The minimum absolute atomic E-state index is 0.0290. The van der Waals surface area contributed by atoms with Crippen LogP contribution in [0, 0.1) is 23.2 Å². The Morgan fingerprint density at radius 2 is 1.97 bits per heavy atom. The van der Waals surface area contributed by atoms with E-state index in [2.05, 4.69) is 0 Å². The summed E-state index contributed by atoms with van der Waals surface area (Å²) < 4.78 is 5.83. The smallest absolute Gasteiger partial charge is 0.316 e. The molecule has 3 fully saturated rings. The lowest BCUT2D eigenvalue weighted by atomic mass is 9.40. The van der Waals surface area contributed by atoms with Crippen molar-refractivity contribution in [3.63, 3.8) is 0 Å². The molecule has 8 heteroatoms. The van der Waals surface area contributed by atoms with Gasteiger partial charge in [0.05, 0.1) is 23.8 Å². The van der Waals surface area contributed by atoms with Crippen LogP contribution in [0.25, 0.3) is 0 Å². The van der Waals surface area contributed by atoms with E-state index in [4.69, 9.17) is 4.74 Å². The van der Waals surface area contributed by atoms with Gasteiger partial charge in [0.15, 0.2) is 6.29 Å². The van der Waals surface area contributed by atoms with E-state index < -0.39 is 46.7 Å². The van der Waals surface area contributed by atoms with Gasteiger partial charge in [-0.05, 0) is 49.4 Å². The first-order chi connectivity index (χ1) is 15.6. The second kappa shape index (κ2) is 6.95. The number of para-hydroxylation sites is 1. The van der Waals surface area contributed by atoms with Crippen LogP contribution < -0.4 is 4.90 Å². The van der Waals surface area contributed by atoms with Crippen LogP contribution in [0.2, 0.25) is 0 Å². The summed E-state index contributed by atoms with van der Waals surface area (Å²) in [6.07, 6.45) is -0.253. The highest BCUT2D eigenvalue weighted by Gasteiger charge is 2.86. The van der Waals surface area contributed by atoms with Gasteiger partial charge in [-0.2, -0.15) is 0 Å². The normalized spacial score (nSPS) is 43.4. The minimum Gasteiger partial charge on any atom is -0.506 e. The average Bonchev–Trinajstić information content (AvgIpc) is 3.20. The van der Waals surface area contributed by atoms with Crippen LogP contribution in [0.3, 0.4) is 0 Å². The number of phenolic OH excluding ortho intramolecular Hbond substituents is 1. The maximum Gasteiger partial charge on any atom is 0.316 e. The Morgan fingerprint density at radius 1 is 1.27 bits per heavy atom. The van der Waals surface area contributed by atoms with Crippen molar-refractivity contribution in [2.75, 3.05) is 32.1 Å². The fraction of sp³-hybridized carbons (Fsp3) is 0.640. The number of hydrogen-bond acceptors (Lipinski definition) is 7. The third-order valence-corrected chi connectivity index (χ3v) is 9.40. The molecule has 0 amide bonds. The summed E-state index contributed by atoms with van der Waals surface area (Å²) in [5, 5.41) is 45.9. The fourth-order valence-electron chi connectivity index (χ4n) is 8.45. The molecule has 0 spiro atoms. The Kier molecular flexibility index (Phi) is 4.77. The maximum absolute atomic E-state index is 13.6. The number of benzene rings is 1. The van der Waals surface area contributed by atoms with Gasteiger partial charge in [0.25, 0.3) is 0 Å². The Morgan fingerprint density at radius 3 is 2.58 bits per heavy atom. The highest BCUT2D eigenvalue weighted by atomic mass is 16.6. The first kappa shape index (κ1) is 22.7. The molecule has 0 unspecified atom stereocenters. The molecule has 1 aliphatic carbocycles. The highest BCUT2D eigenvalue weighted by molar-refractivity contribution is 5.86. The van der Waals surface area contributed by atoms with Crippen molar-refractivity contribution in [1.29, 1.82) is 0 Å². The highest BCUT2D eigenvalue weighted by Crippen LogP contribution is 2.76. The maximum atomic E-state index is 13.6. The number of phenols is 1. The van der Waals surface area contributed by atoms with Crippen LogP contribution in [0.4, 0.5) is 5.69 Å². The lowest BCUT2D eigenvalue weighted by Gasteiger charge is -2.68. The molecule has 4 aliphatic rings. The molecule has 3 heterocycles. The van der Waals surface area contributed by atoms with Gasteiger partial charge in [-0.25, -0.2) is 0 Å². The predicted molar refractivity (Wildman–Crippen MR) is 122 cm³/mol. The van der Waals surface area contributed by atoms with Crippen molar-refractivity contribution in [1.82, 2.24) is 4.90 Å². The van der Waals surface area contributed by atoms with E-state index >= 15 is 0 Å². The Balaban J connectivity index is 2.00. The molecule has 7 atom stereocenters. The SMILES string of the molecule is C/C=C1/CO[C@@H](O)[C@@]2(C(=O)O)[C@H]1[C@@H](C(C)C)[C@H](O)[C@]13N(C)CC[C@]21c1cccc(O)c1N3C. The van der Waals surface area contributed by atoms with Gasteiger partial charge < -0.3 is 30.1 Å². The molecule has 1 aromatic rings. The number of aliphatic hydroxyl groups excluding tert-OH is 2. The van der Waals surface area contributed by atoms with Crippen LogP contribution in [0.1, 0.15) is 32.8 Å². The molecule has 1 saturated carbocycles. The van der Waals surface area contributed by atoms with Crippen molar-refractivity contribution in [2.45, 2.75) is 50.7 Å². The van der Waals surface area contributed by atoms with Crippen LogP contribution in [0.5, 0.6) is 5.75 Å². The molecule has 8 nitrogen and oxygen atoms in total. The standard InChI is InChI=1S/C25H34N2O6/c1-6-14-12-33-22(32)24(21(30)31)18(14)17(13(2)3)20(29)25-23(24,10-11-26(25)4)15-8-7-9-16(28)19(15)27(25)5/h6-9,13,17-18,20,22,28-29,32H,10-12H2,1-5H3,(H,30,31)/b14-6-/t17-,18-,20+,22-,23+,24+,25-/m1/s1. The number of ether oxygens (including phenoxy) is 1. The summed E-state index contributed by atoms with van der Waals surface area (Å²) in [5.41, 5.74) is -2.24. The summed E-state index contributed by atoms with van der Waals surface area (Å²) in [6.45, 7) is 6.49. The van der Waals surface area contributed by atoms with E-state index in [1.807, 2.05) is 56.8 Å². The number of aliphatic hydroxyl groups is 2. The number of allylic oxidation sites excluding steroid dienone is 1. The number of carboxylic acid groups (broad SMARTS) is 1. The molecule has 2 saturated heterocycles. The van der Waals surface area contributed by atoms with E-state index in [1.54, 1.807) is 12.1 Å². The van der Waals surface area contributed by atoms with Crippen molar-refractivity contribution in [3.05, 3.63) is 35.4 Å². The van der Waals surface area contributed by atoms with Gasteiger partial charge in [0, 0.05) is 19.5 Å². The van der Waals surface area contributed by atoms with E-state index in [-0.39, 0.29) is 18.3 Å². The minimum atomic E-state index is -1.76. The van der Waals surface area contributed by atoms with Gasteiger partial charge in [0.1, 0.15) is 16.8 Å². The molecule has 180 valence electrons. The summed E-state index contributed by atoms with van der Waals surface area (Å²) >= 11 is 0. The average molecular weight is 459 g/mol. The van der Waals surface area contributed by atoms with Gasteiger partial charge in [-0.15, -0.1) is 0 Å². The van der Waals surface area contributed by atoms with Crippen LogP contribution in [0.15, 0.2) is 29.8 Å². The van der Waals surface area contributed by atoms with Gasteiger partial charge in [-0.1, -0.05) is 32.1 Å². The number of anilines is 1. The second-order valence-electron chi connectivity index (χ2n) is 10.5. The van der Waals surface area contributed by atoms with Crippen LogP contribution >= 0.6 is 0 Å². The van der Waals surface area contributed by atoms with Gasteiger partial charge in [0.2, 0.25) is 0 Å². The number of likely N-dealkylation sites (N-methyl/N-ethyl adjacent to an activating group) is 2. The summed E-state index contributed by atoms with van der Waals surface area (Å²) in [5.74, 6) is -2.28. The number of fused-ring (bicyclic) bond motifs is 2. The van der Waals surface area contributed by atoms with Crippen molar-refractivity contribution >= 4 is 11.7 Å². The Labute approximate surface area is 194 Å². The number of nitrogens with zero attached hydrogens (tertiary/aromatic N) is 2. The van der Waals surface area contributed by atoms with Crippen molar-refractivity contribution in [3.8, 4) is 5.75 Å². The van der Waals surface area contributed by atoms with E-state index in [0.29, 0.717) is 24.2 Å². The number of hydrogen-bond donors (Lipinski definition) is 4. The molecule has 0 bridgehead atoms. The summed E-state index contributed by atoms with van der Waals surface area (Å²) in [7, 11) is 3.70. The molecular weight excluding hydrogens is 424 g/mol. The lowest BCUT2D eigenvalue weighted by Crippen LogP contribution is -2.83. The molecule has 33 heavy (non-hydrogen) atoms. The molecular formula is C25H34N2O6. The van der Waals surface area contributed by atoms with Crippen LogP contribution in [-0.2, 0) is 14.9 Å². The topological polar surface area (TPSA) is 114 Å². The number of aromatic hydroxyl groups is 1. The number of carbonyl (C=O) groups is 1. The first-order valence-electron chi connectivity index (χ1n) is 11.7. The quantitative estimate of drug-likeness (QED) is 0.496. The van der Waals surface area contributed by atoms with E-state index in [0.717, 1.165) is 5.57 Å². The Bertz CT molecular complexity index is 1040. The zero-order valence-corrected chi connectivity index (χ0v) is 19.8. The van der Waals surface area contributed by atoms with Crippen molar-refractivity contribution in [2.24, 2.45) is 23.2 Å². The molecule has 1 aromatic carbocycles.